The number of methoxy groups -OCH3 is 2. The molecule has 3 aliphatic rings. The second-order valence-corrected chi connectivity index (χ2v) is 9.59. The number of allylic oxidation sites excluding steroid dienone is 1. The Kier molecular flexibility index (Phi) is 6.09. The van der Waals surface area contributed by atoms with E-state index in [1.807, 2.05) is 0 Å². The van der Waals surface area contributed by atoms with Gasteiger partial charge in [-0.15, -0.1) is 13.2 Å². The van der Waals surface area contributed by atoms with Gasteiger partial charge in [-0.25, -0.2) is 0 Å². The summed E-state index contributed by atoms with van der Waals surface area (Å²) < 4.78 is 58.5. The van der Waals surface area contributed by atoms with E-state index >= 15 is 0 Å². The zero-order valence-corrected chi connectivity index (χ0v) is 21.1. The summed E-state index contributed by atoms with van der Waals surface area (Å²) >= 11 is 6.46. The third kappa shape index (κ3) is 3.87. The van der Waals surface area contributed by atoms with Crippen LogP contribution in [0.3, 0.4) is 0 Å². The zero-order chi connectivity index (χ0) is 27.6. The van der Waals surface area contributed by atoms with E-state index < -0.39 is 41.1 Å². The van der Waals surface area contributed by atoms with Gasteiger partial charge in [-0.2, -0.15) is 0 Å². The number of ketones is 2. The fourth-order valence-corrected chi connectivity index (χ4v) is 5.64. The Morgan fingerprint density at radius 2 is 1.68 bits per heavy atom. The Balaban J connectivity index is 1.59. The number of carbonyl (C=O) groups is 3. The molecule has 0 saturated carbocycles. The van der Waals surface area contributed by atoms with E-state index in [0.29, 0.717) is 11.3 Å². The van der Waals surface area contributed by atoms with Gasteiger partial charge >= 0.3 is 6.36 Å². The number of hydrogen-bond acceptors (Lipinski definition) is 7. The predicted molar refractivity (Wildman–Crippen MR) is 127 cm³/mol. The van der Waals surface area contributed by atoms with E-state index in [0.717, 1.165) is 12.1 Å². The third-order valence-electron chi connectivity index (χ3n) is 7.07. The Morgan fingerprint density at radius 3 is 2.29 bits per heavy atom. The molecule has 12 heteroatoms. The molecule has 2 aromatic carbocycles. The number of nitrogens with one attached hydrogen (secondary N) is 1. The second kappa shape index (κ2) is 8.93. The first-order valence-electron chi connectivity index (χ1n) is 11.5. The number of alkyl halides is 3. The monoisotopic (exact) mass is 551 g/mol. The average Bonchev–Trinajstić information content (AvgIpc) is 3.17. The first-order valence-corrected chi connectivity index (χ1v) is 11.9. The van der Waals surface area contributed by atoms with Crippen molar-refractivity contribution in [2.75, 3.05) is 14.2 Å². The number of amides is 1. The van der Waals surface area contributed by atoms with Crippen LogP contribution in [0.2, 0.25) is 5.02 Å². The molecule has 1 spiro atoms. The predicted octanol–water partition coefficient (Wildman–Crippen LogP) is 4.74. The van der Waals surface area contributed by atoms with Crippen molar-refractivity contribution in [1.82, 2.24) is 5.32 Å². The average molecular weight is 552 g/mol. The van der Waals surface area contributed by atoms with E-state index in [-0.39, 0.29) is 52.2 Å². The quantitative estimate of drug-likeness (QED) is 0.548. The minimum absolute atomic E-state index is 0.00190. The lowest BCUT2D eigenvalue weighted by atomic mass is 9.66. The van der Waals surface area contributed by atoms with Gasteiger partial charge in [-0.1, -0.05) is 30.7 Å². The Hall–Kier alpha value is -3.73. The fraction of sp³-hybridized carbons (Fsp3) is 0.346. The summed E-state index contributed by atoms with van der Waals surface area (Å²) in [7, 11) is 2.73. The molecular formula is C26H21ClF3NO7. The molecule has 0 fully saturated rings. The van der Waals surface area contributed by atoms with Crippen LogP contribution in [0, 0.1) is 5.92 Å². The number of halogens is 4. The molecule has 8 nitrogen and oxygen atoms in total. The van der Waals surface area contributed by atoms with Crippen molar-refractivity contribution in [3.63, 3.8) is 0 Å². The van der Waals surface area contributed by atoms with E-state index in [4.69, 9.17) is 25.8 Å². The maximum absolute atomic E-state index is 14.2. The number of fused-ring (bicyclic) bond motifs is 1. The van der Waals surface area contributed by atoms with Crippen molar-refractivity contribution in [1.29, 1.82) is 0 Å². The first kappa shape index (κ1) is 25.9. The zero-order valence-electron chi connectivity index (χ0n) is 20.3. The van der Waals surface area contributed by atoms with Gasteiger partial charge in [0.1, 0.15) is 27.8 Å². The van der Waals surface area contributed by atoms with E-state index in [1.165, 1.54) is 32.4 Å². The normalized spacial score (nSPS) is 24.6. The largest absolute Gasteiger partial charge is 0.573 e. The van der Waals surface area contributed by atoms with Crippen molar-refractivity contribution in [2.24, 2.45) is 5.92 Å². The molecule has 1 amide bonds. The highest BCUT2D eigenvalue weighted by atomic mass is 35.5. The molecule has 5 rings (SSSR count). The number of benzene rings is 2. The molecular weight excluding hydrogens is 531 g/mol. The van der Waals surface area contributed by atoms with Crippen LogP contribution in [0.25, 0.3) is 0 Å². The summed E-state index contributed by atoms with van der Waals surface area (Å²) in [4.78, 5) is 40.7. The molecule has 0 unspecified atom stereocenters. The smallest absolute Gasteiger partial charge is 0.496 e. The lowest BCUT2D eigenvalue weighted by molar-refractivity contribution is -0.274. The van der Waals surface area contributed by atoms with Crippen LogP contribution in [0.5, 0.6) is 23.0 Å². The minimum atomic E-state index is -4.87. The van der Waals surface area contributed by atoms with Crippen molar-refractivity contribution in [2.45, 2.75) is 37.6 Å². The summed E-state index contributed by atoms with van der Waals surface area (Å²) in [5, 5.41) is 2.73. The highest BCUT2D eigenvalue weighted by Crippen LogP contribution is 2.55. The third-order valence-corrected chi connectivity index (χ3v) is 7.43. The van der Waals surface area contributed by atoms with Gasteiger partial charge in [0.05, 0.1) is 14.2 Å². The summed E-state index contributed by atoms with van der Waals surface area (Å²) in [6.07, 6.45) is -4.91. The molecule has 1 N–H and O–H groups in total. The Bertz CT molecular complexity index is 1400. The van der Waals surface area contributed by atoms with E-state index in [9.17, 15) is 27.6 Å². The molecule has 0 aromatic heterocycles. The number of rotatable bonds is 4. The topological polar surface area (TPSA) is 100 Å². The Morgan fingerprint density at radius 1 is 1.03 bits per heavy atom. The fourth-order valence-electron chi connectivity index (χ4n) is 5.38. The molecule has 0 radical (unpaired) electrons. The van der Waals surface area contributed by atoms with Gasteiger partial charge in [0.2, 0.25) is 23.1 Å². The SMILES string of the molecule is COc1cc(OC)c2c(c1Cl)O[C@@]1(C(=O)C3=C(C[C@H]1C)NC(=O)C[C@H]3c1ccc(OC(F)(F)F)cc1)C2=O. The van der Waals surface area contributed by atoms with Crippen molar-refractivity contribution in [3.05, 3.63) is 57.8 Å². The highest BCUT2D eigenvalue weighted by molar-refractivity contribution is 6.36. The lowest BCUT2D eigenvalue weighted by Crippen LogP contribution is -2.59. The van der Waals surface area contributed by atoms with E-state index in [2.05, 4.69) is 10.1 Å². The van der Waals surface area contributed by atoms with Crippen LogP contribution in [0.15, 0.2) is 41.6 Å². The molecule has 0 bridgehead atoms. The molecule has 2 aliphatic heterocycles. The van der Waals surface area contributed by atoms with Gasteiger partial charge in [-0.05, 0) is 24.1 Å². The second-order valence-electron chi connectivity index (χ2n) is 9.21. The van der Waals surface area contributed by atoms with Crippen LogP contribution in [-0.2, 0) is 9.59 Å². The summed E-state index contributed by atoms with van der Waals surface area (Å²) in [6.45, 7) is 1.65. The summed E-state index contributed by atoms with van der Waals surface area (Å²) in [6, 6.07) is 6.34. The molecule has 38 heavy (non-hydrogen) atoms. The number of ether oxygens (including phenoxy) is 4. The minimum Gasteiger partial charge on any atom is -0.496 e. The molecule has 0 saturated heterocycles. The van der Waals surface area contributed by atoms with Gasteiger partial charge in [0.15, 0.2) is 5.75 Å². The lowest BCUT2D eigenvalue weighted by Gasteiger charge is -2.41. The van der Waals surface area contributed by atoms with Crippen molar-refractivity contribution >= 4 is 29.1 Å². The van der Waals surface area contributed by atoms with Crippen LogP contribution in [0.1, 0.15) is 41.6 Å². The Labute approximate surface area is 219 Å². The van der Waals surface area contributed by atoms with Gasteiger partial charge in [-0.3, -0.25) is 14.4 Å². The number of hydrogen-bond donors (Lipinski definition) is 1. The van der Waals surface area contributed by atoms with Crippen LogP contribution >= 0.6 is 11.6 Å². The molecule has 3 atom stereocenters. The van der Waals surface area contributed by atoms with Crippen molar-refractivity contribution < 1.29 is 46.5 Å². The molecule has 200 valence electrons. The molecule has 2 heterocycles. The first-order chi connectivity index (χ1) is 17.9. The molecule has 1 aliphatic carbocycles. The molecule has 2 aromatic rings. The van der Waals surface area contributed by atoms with Gasteiger partial charge < -0.3 is 24.3 Å². The van der Waals surface area contributed by atoms with Crippen molar-refractivity contribution in [3.8, 4) is 23.0 Å². The van der Waals surface area contributed by atoms with E-state index in [1.54, 1.807) is 6.92 Å². The van der Waals surface area contributed by atoms with Crippen LogP contribution in [-0.4, -0.2) is 43.7 Å². The number of Topliss-reactive ketones (excluding diaryl/α,β-unsaturated/α-hetero) is 2. The van der Waals surface area contributed by atoms with Gasteiger partial charge in [0, 0.05) is 35.6 Å². The standard InChI is InChI=1S/C26H21ClF3NO7/c1-11-8-15-19(14(9-18(32)31-15)12-4-6-13(7-5-12)37-26(28,29)30)23(33)25(11)24(34)20-16(35-2)10-17(36-3)21(27)22(20)38-25/h4-7,10-11,14H,8-9H2,1-3H3,(H,31,32)/t11-,14+,25+/m1/s1. The van der Waals surface area contributed by atoms with Gasteiger partial charge in [0.25, 0.3) is 0 Å². The maximum Gasteiger partial charge on any atom is 0.573 e. The summed E-state index contributed by atoms with van der Waals surface area (Å²) in [5.41, 5.74) is -1.08. The summed E-state index contributed by atoms with van der Waals surface area (Å²) in [5.74, 6) is -3.38. The van der Waals surface area contributed by atoms with Crippen LogP contribution < -0.4 is 24.3 Å². The van der Waals surface area contributed by atoms with Crippen LogP contribution in [0.4, 0.5) is 13.2 Å². The highest BCUT2D eigenvalue weighted by Gasteiger charge is 2.63. The number of carbonyl (C=O) groups excluding carboxylic acids is 3. The maximum atomic E-state index is 14.2.